The smallest absolute Gasteiger partial charge is 0.171 e. The van der Waals surface area contributed by atoms with Crippen molar-refractivity contribution in [3.63, 3.8) is 0 Å². The second-order valence-electron chi connectivity index (χ2n) is 5.50. The highest BCUT2D eigenvalue weighted by molar-refractivity contribution is 7.80. The summed E-state index contributed by atoms with van der Waals surface area (Å²) in [4.78, 5) is 2.42. The van der Waals surface area contributed by atoms with Gasteiger partial charge in [-0.2, -0.15) is 0 Å². The number of anilines is 2. The van der Waals surface area contributed by atoms with E-state index in [9.17, 15) is 0 Å². The fourth-order valence-electron chi connectivity index (χ4n) is 2.76. The maximum Gasteiger partial charge on any atom is 0.171 e. The molecule has 0 bridgehead atoms. The van der Waals surface area contributed by atoms with Gasteiger partial charge in [0.2, 0.25) is 0 Å². The van der Waals surface area contributed by atoms with Gasteiger partial charge in [0, 0.05) is 19.6 Å². The summed E-state index contributed by atoms with van der Waals surface area (Å²) in [5.41, 5.74) is 3.54. The van der Waals surface area contributed by atoms with Crippen LogP contribution < -0.4 is 15.5 Å². The van der Waals surface area contributed by atoms with Gasteiger partial charge in [-0.25, -0.2) is 0 Å². The van der Waals surface area contributed by atoms with Gasteiger partial charge in [0.1, 0.15) is 0 Å². The summed E-state index contributed by atoms with van der Waals surface area (Å²) in [5, 5.41) is 7.27. The van der Waals surface area contributed by atoms with Gasteiger partial charge in [-0.3, -0.25) is 0 Å². The van der Waals surface area contributed by atoms with Crippen LogP contribution in [-0.2, 0) is 6.54 Å². The Bertz CT molecular complexity index is 621. The molecule has 22 heavy (non-hydrogen) atoms. The first-order chi connectivity index (χ1) is 10.8. The van der Waals surface area contributed by atoms with Gasteiger partial charge in [0.15, 0.2) is 5.11 Å². The largest absolute Gasteiger partial charge is 0.370 e. The van der Waals surface area contributed by atoms with E-state index in [0.29, 0.717) is 5.11 Å². The predicted molar refractivity (Wildman–Crippen MR) is 97.4 cm³/mol. The first-order valence-corrected chi connectivity index (χ1v) is 8.16. The zero-order valence-corrected chi connectivity index (χ0v) is 13.4. The molecule has 1 heterocycles. The monoisotopic (exact) mass is 311 g/mol. The van der Waals surface area contributed by atoms with Crippen molar-refractivity contribution in [1.82, 2.24) is 5.32 Å². The molecule has 3 nitrogen and oxygen atoms in total. The van der Waals surface area contributed by atoms with Crippen LogP contribution in [0.4, 0.5) is 11.4 Å². The second-order valence-corrected chi connectivity index (χ2v) is 5.91. The number of hydrogen-bond acceptors (Lipinski definition) is 2. The Morgan fingerprint density at radius 3 is 2.41 bits per heavy atom. The summed E-state index contributed by atoms with van der Waals surface area (Å²) in [6.07, 6.45) is 2.54. The minimum absolute atomic E-state index is 0.662. The summed E-state index contributed by atoms with van der Waals surface area (Å²) in [7, 11) is 0. The molecule has 0 amide bonds. The molecule has 4 heteroatoms. The topological polar surface area (TPSA) is 27.3 Å². The van der Waals surface area contributed by atoms with E-state index in [1.165, 1.54) is 24.1 Å². The number of nitrogens with one attached hydrogen (secondary N) is 2. The summed E-state index contributed by atoms with van der Waals surface area (Å²) in [6.45, 7) is 2.99. The van der Waals surface area contributed by atoms with Crippen LogP contribution in [0.25, 0.3) is 0 Å². The first kappa shape index (κ1) is 14.9. The lowest BCUT2D eigenvalue weighted by molar-refractivity contribution is 0.924. The molecule has 2 N–H and O–H groups in total. The molecule has 114 valence electrons. The van der Waals surface area contributed by atoms with E-state index in [2.05, 4.69) is 45.9 Å². The van der Waals surface area contributed by atoms with Crippen molar-refractivity contribution in [1.29, 1.82) is 0 Å². The number of nitrogens with zero attached hydrogens (tertiary/aromatic N) is 1. The lowest BCUT2D eigenvalue weighted by atomic mass is 10.2. The summed E-state index contributed by atoms with van der Waals surface area (Å²) in [6, 6.07) is 18.7. The van der Waals surface area contributed by atoms with E-state index >= 15 is 0 Å². The van der Waals surface area contributed by atoms with E-state index in [-0.39, 0.29) is 0 Å². The zero-order valence-electron chi connectivity index (χ0n) is 12.6. The number of para-hydroxylation sites is 2. The Morgan fingerprint density at radius 2 is 1.64 bits per heavy atom. The van der Waals surface area contributed by atoms with Gasteiger partial charge in [-0.15, -0.1) is 0 Å². The van der Waals surface area contributed by atoms with Gasteiger partial charge in [-0.05, 0) is 42.8 Å². The van der Waals surface area contributed by atoms with Crippen LogP contribution in [0.3, 0.4) is 0 Å². The van der Waals surface area contributed by atoms with Crippen molar-refractivity contribution >= 4 is 28.7 Å². The molecule has 1 aliphatic heterocycles. The average Bonchev–Trinajstić information content (AvgIpc) is 3.09. The van der Waals surface area contributed by atoms with Crippen molar-refractivity contribution in [2.45, 2.75) is 19.4 Å². The summed E-state index contributed by atoms with van der Waals surface area (Å²) in [5.74, 6) is 0. The van der Waals surface area contributed by atoms with Gasteiger partial charge < -0.3 is 15.5 Å². The Balaban J connectivity index is 1.61. The lowest BCUT2D eigenvalue weighted by Gasteiger charge is -2.22. The van der Waals surface area contributed by atoms with Crippen LogP contribution in [-0.4, -0.2) is 18.2 Å². The average molecular weight is 311 g/mol. The van der Waals surface area contributed by atoms with E-state index < -0.39 is 0 Å². The third-order valence-electron chi connectivity index (χ3n) is 3.89. The molecule has 3 rings (SSSR count). The zero-order chi connectivity index (χ0) is 15.2. The van der Waals surface area contributed by atoms with E-state index in [1.807, 2.05) is 24.3 Å². The van der Waals surface area contributed by atoms with Crippen LogP contribution in [0, 0.1) is 0 Å². The molecule has 0 radical (unpaired) electrons. The Morgan fingerprint density at radius 1 is 0.955 bits per heavy atom. The molecule has 0 atom stereocenters. The van der Waals surface area contributed by atoms with Gasteiger partial charge in [0.25, 0.3) is 0 Å². The van der Waals surface area contributed by atoms with Crippen LogP contribution in [0.5, 0.6) is 0 Å². The molecular weight excluding hydrogens is 290 g/mol. The number of thiocarbonyl (C=S) groups is 1. The molecule has 2 aromatic rings. The van der Waals surface area contributed by atoms with Crippen molar-refractivity contribution in [2.75, 3.05) is 23.3 Å². The maximum atomic E-state index is 5.43. The van der Waals surface area contributed by atoms with Crippen molar-refractivity contribution in [3.8, 4) is 0 Å². The molecule has 1 saturated heterocycles. The molecule has 1 aliphatic rings. The number of hydrogen-bond donors (Lipinski definition) is 2. The molecule has 0 spiro atoms. The fraction of sp³-hybridized carbons (Fsp3) is 0.278. The van der Waals surface area contributed by atoms with Gasteiger partial charge >= 0.3 is 0 Å². The third-order valence-corrected chi connectivity index (χ3v) is 4.14. The van der Waals surface area contributed by atoms with Crippen LogP contribution in [0.15, 0.2) is 54.6 Å². The standard InChI is InChI=1S/C18H21N3S/c22-18(19-14-15-8-2-1-3-9-15)20-16-10-4-5-11-17(16)21-12-6-7-13-21/h1-5,8-11H,6-7,12-14H2,(H2,19,20,22). The maximum absolute atomic E-state index is 5.43. The van der Waals surface area contributed by atoms with Crippen LogP contribution >= 0.6 is 12.2 Å². The molecule has 0 aromatic heterocycles. The summed E-state index contributed by atoms with van der Waals surface area (Å²) < 4.78 is 0. The SMILES string of the molecule is S=C(NCc1ccccc1)Nc1ccccc1N1CCCC1. The molecule has 1 fully saturated rings. The molecule has 0 unspecified atom stereocenters. The Hall–Kier alpha value is -2.07. The van der Waals surface area contributed by atoms with E-state index in [1.54, 1.807) is 0 Å². The van der Waals surface area contributed by atoms with Crippen molar-refractivity contribution in [3.05, 3.63) is 60.2 Å². The highest BCUT2D eigenvalue weighted by Crippen LogP contribution is 2.28. The summed E-state index contributed by atoms with van der Waals surface area (Å²) >= 11 is 5.43. The third kappa shape index (κ3) is 3.77. The van der Waals surface area contributed by atoms with Crippen LogP contribution in [0.2, 0.25) is 0 Å². The minimum atomic E-state index is 0.662. The Kier molecular flexibility index (Phi) is 4.91. The fourth-order valence-corrected chi connectivity index (χ4v) is 2.94. The number of benzene rings is 2. The van der Waals surface area contributed by atoms with Gasteiger partial charge in [0.05, 0.1) is 11.4 Å². The predicted octanol–water partition coefficient (Wildman–Crippen LogP) is 3.77. The van der Waals surface area contributed by atoms with Crippen molar-refractivity contribution < 1.29 is 0 Å². The molecule has 0 saturated carbocycles. The van der Waals surface area contributed by atoms with Crippen molar-refractivity contribution in [2.24, 2.45) is 0 Å². The highest BCUT2D eigenvalue weighted by atomic mass is 32.1. The second kappa shape index (κ2) is 7.27. The molecule has 0 aliphatic carbocycles. The van der Waals surface area contributed by atoms with E-state index in [4.69, 9.17) is 12.2 Å². The van der Waals surface area contributed by atoms with Gasteiger partial charge in [-0.1, -0.05) is 42.5 Å². The normalized spacial score (nSPS) is 13.9. The molecular formula is C18H21N3S. The lowest BCUT2D eigenvalue weighted by Crippen LogP contribution is -2.29. The quantitative estimate of drug-likeness (QED) is 0.841. The van der Waals surface area contributed by atoms with Crippen LogP contribution in [0.1, 0.15) is 18.4 Å². The van der Waals surface area contributed by atoms with E-state index in [0.717, 1.165) is 25.3 Å². The minimum Gasteiger partial charge on any atom is -0.370 e. The molecule has 2 aromatic carbocycles. The first-order valence-electron chi connectivity index (χ1n) is 7.76. The Labute approximate surface area is 137 Å². The highest BCUT2D eigenvalue weighted by Gasteiger charge is 2.15. The number of rotatable bonds is 4.